The second-order valence-corrected chi connectivity index (χ2v) is 6.53. The molecule has 1 aliphatic heterocycles. The predicted octanol–water partition coefficient (Wildman–Crippen LogP) is 3.17. The van der Waals surface area contributed by atoms with Crippen molar-refractivity contribution in [1.82, 2.24) is 14.5 Å². The van der Waals surface area contributed by atoms with Gasteiger partial charge in [-0.15, -0.1) is 5.10 Å². The van der Waals surface area contributed by atoms with Gasteiger partial charge in [-0.1, -0.05) is 33.8 Å². The molecule has 1 aromatic carbocycles. The zero-order chi connectivity index (χ0) is 13.9. The van der Waals surface area contributed by atoms with E-state index in [9.17, 15) is 0 Å². The minimum atomic E-state index is 0.697. The molecule has 4 nitrogen and oxygen atoms in total. The quantitative estimate of drug-likeness (QED) is 0.866. The van der Waals surface area contributed by atoms with Crippen molar-refractivity contribution in [2.75, 3.05) is 31.1 Å². The number of rotatable bonds is 3. The maximum Gasteiger partial charge on any atom is 0.138 e. The Labute approximate surface area is 132 Å². The first-order chi connectivity index (χ1) is 9.72. The maximum absolute atomic E-state index is 6.04. The fraction of sp³-hybridized carbons (Fsp3) is 0.385. The number of anilines is 1. The Morgan fingerprint density at radius 3 is 2.60 bits per heavy atom. The van der Waals surface area contributed by atoms with E-state index < -0.39 is 0 Å². The minimum Gasteiger partial charge on any atom is -0.369 e. The van der Waals surface area contributed by atoms with E-state index in [0.29, 0.717) is 4.34 Å². The molecule has 0 bridgehead atoms. The number of hydrogen-bond donors (Lipinski definition) is 0. The van der Waals surface area contributed by atoms with Gasteiger partial charge in [-0.3, -0.25) is 4.90 Å². The number of halogens is 2. The molecule has 1 aliphatic rings. The van der Waals surface area contributed by atoms with Gasteiger partial charge >= 0.3 is 0 Å². The molecule has 0 N–H and O–H groups in total. The van der Waals surface area contributed by atoms with Crippen molar-refractivity contribution in [3.8, 4) is 0 Å². The number of aromatic nitrogens is 2. The largest absolute Gasteiger partial charge is 0.369 e. The highest BCUT2D eigenvalue weighted by molar-refractivity contribution is 7.10. The van der Waals surface area contributed by atoms with E-state index in [1.54, 1.807) is 0 Å². The molecule has 7 heteroatoms. The van der Waals surface area contributed by atoms with Crippen LogP contribution < -0.4 is 4.90 Å². The summed E-state index contributed by atoms with van der Waals surface area (Å²) in [6.07, 6.45) is 0. The molecular formula is C13H14Cl2N4S. The third kappa shape index (κ3) is 3.23. The highest BCUT2D eigenvalue weighted by Crippen LogP contribution is 2.22. The lowest BCUT2D eigenvalue weighted by Crippen LogP contribution is -2.46. The zero-order valence-corrected chi connectivity index (χ0v) is 13.1. The third-order valence-corrected chi connectivity index (χ3v) is 4.65. The second-order valence-electron chi connectivity index (χ2n) is 4.74. The molecule has 0 amide bonds. The number of nitrogens with zero attached hydrogens (tertiary/aromatic N) is 4. The van der Waals surface area contributed by atoms with Gasteiger partial charge in [0.2, 0.25) is 0 Å². The van der Waals surface area contributed by atoms with Crippen LogP contribution in [0.4, 0.5) is 5.69 Å². The van der Waals surface area contributed by atoms with Crippen molar-refractivity contribution >= 4 is 40.4 Å². The van der Waals surface area contributed by atoms with Gasteiger partial charge in [0.15, 0.2) is 0 Å². The van der Waals surface area contributed by atoms with Crippen LogP contribution in [0.5, 0.6) is 0 Å². The highest BCUT2D eigenvalue weighted by Gasteiger charge is 2.19. The highest BCUT2D eigenvalue weighted by atomic mass is 35.5. The Morgan fingerprint density at radius 1 is 1.15 bits per heavy atom. The van der Waals surface area contributed by atoms with Gasteiger partial charge in [-0.25, -0.2) is 0 Å². The van der Waals surface area contributed by atoms with Crippen molar-refractivity contribution in [2.24, 2.45) is 0 Å². The van der Waals surface area contributed by atoms with E-state index >= 15 is 0 Å². The van der Waals surface area contributed by atoms with Gasteiger partial charge in [-0.2, -0.15) is 0 Å². The number of piperazine rings is 1. The molecule has 2 heterocycles. The summed E-state index contributed by atoms with van der Waals surface area (Å²) in [5, 5.41) is 4.85. The van der Waals surface area contributed by atoms with E-state index in [2.05, 4.69) is 25.5 Å². The third-order valence-electron chi connectivity index (χ3n) is 3.43. The summed E-state index contributed by atoms with van der Waals surface area (Å²) < 4.78 is 4.56. The van der Waals surface area contributed by atoms with Gasteiger partial charge in [0.25, 0.3) is 0 Å². The minimum absolute atomic E-state index is 0.697. The molecule has 1 saturated heterocycles. The molecule has 1 aromatic heterocycles. The lowest BCUT2D eigenvalue weighted by Gasteiger charge is -2.35. The maximum atomic E-state index is 6.04. The summed E-state index contributed by atoms with van der Waals surface area (Å²) in [6, 6.07) is 8.00. The molecule has 2 aromatic rings. The SMILES string of the molecule is Clc1cccc(N2CCN(Cc3nnsc3Cl)CC2)c1. The number of benzene rings is 1. The molecule has 0 radical (unpaired) electrons. The van der Waals surface area contributed by atoms with E-state index in [4.69, 9.17) is 23.2 Å². The molecule has 106 valence electrons. The van der Waals surface area contributed by atoms with Crippen LogP contribution in [-0.4, -0.2) is 40.7 Å². The Morgan fingerprint density at radius 2 is 1.95 bits per heavy atom. The average molecular weight is 329 g/mol. The molecule has 20 heavy (non-hydrogen) atoms. The van der Waals surface area contributed by atoms with Gasteiger partial charge in [0, 0.05) is 55.0 Å². The Balaban J connectivity index is 1.58. The van der Waals surface area contributed by atoms with Crippen LogP contribution in [0, 0.1) is 0 Å². The molecule has 0 spiro atoms. The van der Waals surface area contributed by atoms with E-state index in [0.717, 1.165) is 43.4 Å². The van der Waals surface area contributed by atoms with Crippen LogP contribution >= 0.6 is 34.7 Å². The van der Waals surface area contributed by atoms with Gasteiger partial charge in [0.05, 0.1) is 0 Å². The van der Waals surface area contributed by atoms with Crippen LogP contribution in [0.1, 0.15) is 5.69 Å². The van der Waals surface area contributed by atoms with Gasteiger partial charge in [-0.05, 0) is 18.2 Å². The van der Waals surface area contributed by atoms with Crippen LogP contribution in [0.25, 0.3) is 0 Å². The molecule has 3 rings (SSSR count). The zero-order valence-electron chi connectivity index (χ0n) is 10.8. The van der Waals surface area contributed by atoms with Crippen LogP contribution in [0.2, 0.25) is 9.36 Å². The van der Waals surface area contributed by atoms with Crippen LogP contribution in [-0.2, 0) is 6.54 Å². The van der Waals surface area contributed by atoms with Gasteiger partial charge < -0.3 is 4.90 Å². The van der Waals surface area contributed by atoms with Gasteiger partial charge in [0.1, 0.15) is 10.0 Å². The summed E-state index contributed by atoms with van der Waals surface area (Å²) in [7, 11) is 0. The first-order valence-electron chi connectivity index (χ1n) is 6.42. The lowest BCUT2D eigenvalue weighted by atomic mass is 10.2. The second kappa shape index (κ2) is 6.26. The van der Waals surface area contributed by atoms with Crippen molar-refractivity contribution in [3.05, 3.63) is 39.3 Å². The van der Waals surface area contributed by atoms with E-state index in [1.807, 2.05) is 18.2 Å². The van der Waals surface area contributed by atoms with Crippen molar-refractivity contribution in [2.45, 2.75) is 6.54 Å². The Kier molecular flexibility index (Phi) is 4.41. The van der Waals surface area contributed by atoms with Crippen LogP contribution in [0.15, 0.2) is 24.3 Å². The van der Waals surface area contributed by atoms with Crippen molar-refractivity contribution < 1.29 is 0 Å². The molecule has 1 fully saturated rings. The van der Waals surface area contributed by atoms with E-state index in [-0.39, 0.29) is 0 Å². The molecule has 0 unspecified atom stereocenters. The first kappa shape index (κ1) is 14.1. The summed E-state index contributed by atoms with van der Waals surface area (Å²) in [4.78, 5) is 4.70. The normalized spacial score (nSPS) is 16.6. The van der Waals surface area contributed by atoms with Crippen molar-refractivity contribution in [1.29, 1.82) is 0 Å². The average Bonchev–Trinajstić information content (AvgIpc) is 2.85. The summed E-state index contributed by atoms with van der Waals surface area (Å²) in [5.41, 5.74) is 2.07. The van der Waals surface area contributed by atoms with Crippen LogP contribution in [0.3, 0.4) is 0 Å². The fourth-order valence-corrected chi connectivity index (χ4v) is 3.14. The van der Waals surface area contributed by atoms with E-state index in [1.165, 1.54) is 17.2 Å². The monoisotopic (exact) mass is 328 g/mol. The first-order valence-corrected chi connectivity index (χ1v) is 7.95. The topological polar surface area (TPSA) is 32.3 Å². The smallest absolute Gasteiger partial charge is 0.138 e. The fourth-order valence-electron chi connectivity index (χ4n) is 2.34. The number of hydrogen-bond acceptors (Lipinski definition) is 5. The Hall–Kier alpha value is -0.880. The summed E-state index contributed by atoms with van der Waals surface area (Å²) in [6.45, 7) is 4.71. The summed E-state index contributed by atoms with van der Waals surface area (Å²) >= 11 is 13.3. The Bertz CT molecular complexity index is 581. The van der Waals surface area contributed by atoms with Crippen molar-refractivity contribution in [3.63, 3.8) is 0 Å². The lowest BCUT2D eigenvalue weighted by molar-refractivity contribution is 0.247. The standard InChI is InChI=1S/C13H14Cl2N4S/c14-10-2-1-3-11(8-10)19-6-4-18(5-7-19)9-12-13(15)20-17-16-12/h1-3,8H,4-7,9H2. The predicted molar refractivity (Wildman–Crippen MR) is 83.9 cm³/mol. The molecule has 0 saturated carbocycles. The molecular weight excluding hydrogens is 315 g/mol. The molecule has 0 aliphatic carbocycles. The molecule has 0 atom stereocenters. The summed E-state index contributed by atoms with van der Waals surface area (Å²) in [5.74, 6) is 0.